The maximum Gasteiger partial charge on any atom is 0.231 e. The summed E-state index contributed by atoms with van der Waals surface area (Å²) in [5.41, 5.74) is 1.22. The van der Waals surface area contributed by atoms with Crippen LogP contribution in [0.2, 0.25) is 0 Å². The molecule has 0 unspecified atom stereocenters. The molecule has 1 N–H and O–H groups in total. The highest BCUT2D eigenvalue weighted by molar-refractivity contribution is 5.48. The molecular weight excluding hydrogens is 226 g/mol. The summed E-state index contributed by atoms with van der Waals surface area (Å²) in [4.78, 5) is 0. The van der Waals surface area contributed by atoms with Gasteiger partial charge >= 0.3 is 0 Å². The molecule has 0 aromatic heterocycles. The monoisotopic (exact) mass is 247 g/mol. The average molecular weight is 247 g/mol. The van der Waals surface area contributed by atoms with Crippen LogP contribution in [0.1, 0.15) is 44.1 Å². The van der Waals surface area contributed by atoms with Crippen LogP contribution in [0.4, 0.5) is 0 Å². The predicted octanol–water partition coefficient (Wildman–Crippen LogP) is 3.23. The van der Waals surface area contributed by atoms with Crippen LogP contribution in [-0.4, -0.2) is 12.8 Å². The molecule has 1 aliphatic carbocycles. The lowest BCUT2D eigenvalue weighted by molar-refractivity contribution is 0.173. The Bertz CT molecular complexity index is 397. The second-order valence-electron chi connectivity index (χ2n) is 5.22. The Morgan fingerprint density at radius 3 is 2.72 bits per heavy atom. The Labute approximate surface area is 108 Å². The molecule has 1 aromatic rings. The molecule has 1 saturated carbocycles. The summed E-state index contributed by atoms with van der Waals surface area (Å²) in [5.74, 6) is 1.81. The van der Waals surface area contributed by atoms with E-state index < -0.39 is 0 Å². The van der Waals surface area contributed by atoms with Crippen molar-refractivity contribution in [3.8, 4) is 11.5 Å². The zero-order chi connectivity index (χ0) is 12.2. The minimum Gasteiger partial charge on any atom is -0.454 e. The van der Waals surface area contributed by atoms with Crippen molar-refractivity contribution in [3.05, 3.63) is 23.8 Å². The first kappa shape index (κ1) is 11.8. The van der Waals surface area contributed by atoms with Gasteiger partial charge in [-0.25, -0.2) is 0 Å². The lowest BCUT2D eigenvalue weighted by atomic mass is 10.1. The van der Waals surface area contributed by atoms with Crippen molar-refractivity contribution in [2.45, 2.75) is 51.1 Å². The van der Waals surface area contributed by atoms with Gasteiger partial charge in [0.2, 0.25) is 6.79 Å². The van der Waals surface area contributed by atoms with Gasteiger partial charge in [0, 0.05) is 18.2 Å². The van der Waals surface area contributed by atoms with Gasteiger partial charge < -0.3 is 14.8 Å². The van der Waals surface area contributed by atoms with E-state index in [1.54, 1.807) is 0 Å². The Balaban J connectivity index is 1.61. The van der Waals surface area contributed by atoms with Crippen LogP contribution in [0.5, 0.6) is 11.5 Å². The van der Waals surface area contributed by atoms with Crippen LogP contribution in [-0.2, 0) is 6.54 Å². The molecule has 0 spiro atoms. The minimum absolute atomic E-state index is 0.357. The molecule has 0 amide bonds. The van der Waals surface area contributed by atoms with Crippen molar-refractivity contribution in [3.63, 3.8) is 0 Å². The second kappa shape index (κ2) is 5.61. The molecule has 18 heavy (non-hydrogen) atoms. The van der Waals surface area contributed by atoms with Crippen LogP contribution in [0.25, 0.3) is 0 Å². The Hall–Kier alpha value is -1.22. The normalized spacial score (nSPS) is 19.8. The third-order valence-corrected chi connectivity index (χ3v) is 3.91. The number of nitrogens with one attached hydrogen (secondary N) is 1. The van der Waals surface area contributed by atoms with Gasteiger partial charge in [-0.15, -0.1) is 0 Å². The summed E-state index contributed by atoms with van der Waals surface area (Å²) >= 11 is 0. The fourth-order valence-corrected chi connectivity index (χ4v) is 2.87. The molecule has 1 heterocycles. The third-order valence-electron chi connectivity index (χ3n) is 3.91. The fourth-order valence-electron chi connectivity index (χ4n) is 2.87. The first-order valence-electron chi connectivity index (χ1n) is 7.04. The van der Waals surface area contributed by atoms with Gasteiger partial charge in [-0.1, -0.05) is 37.8 Å². The van der Waals surface area contributed by atoms with Gasteiger partial charge in [0.05, 0.1) is 0 Å². The SMILES string of the molecule is c1cc(CNC2CCCCCC2)c2c(c1)OCO2. The highest BCUT2D eigenvalue weighted by atomic mass is 16.7. The van der Waals surface area contributed by atoms with Crippen LogP contribution in [0, 0.1) is 0 Å². The van der Waals surface area contributed by atoms with E-state index >= 15 is 0 Å². The molecule has 3 nitrogen and oxygen atoms in total. The largest absolute Gasteiger partial charge is 0.454 e. The van der Waals surface area contributed by atoms with Gasteiger partial charge in [0.1, 0.15) is 0 Å². The summed E-state index contributed by atoms with van der Waals surface area (Å²) in [6.45, 7) is 1.24. The zero-order valence-electron chi connectivity index (χ0n) is 10.8. The van der Waals surface area contributed by atoms with Crippen LogP contribution >= 0.6 is 0 Å². The number of para-hydroxylation sites is 1. The van der Waals surface area contributed by atoms with E-state index in [2.05, 4.69) is 11.4 Å². The van der Waals surface area contributed by atoms with Crippen molar-refractivity contribution >= 4 is 0 Å². The molecule has 0 atom stereocenters. The molecule has 1 aliphatic heterocycles. The maximum absolute atomic E-state index is 5.53. The Kier molecular flexibility index (Phi) is 3.69. The smallest absolute Gasteiger partial charge is 0.231 e. The number of fused-ring (bicyclic) bond motifs is 1. The second-order valence-corrected chi connectivity index (χ2v) is 5.22. The van der Waals surface area contributed by atoms with Crippen LogP contribution in [0.3, 0.4) is 0 Å². The summed E-state index contributed by atoms with van der Waals surface area (Å²) in [6.07, 6.45) is 8.15. The van der Waals surface area contributed by atoms with Gasteiger partial charge in [-0.2, -0.15) is 0 Å². The number of rotatable bonds is 3. The molecule has 2 aliphatic rings. The molecule has 3 rings (SSSR count). The molecule has 98 valence electrons. The Morgan fingerprint density at radius 1 is 1.06 bits per heavy atom. The van der Waals surface area contributed by atoms with Gasteiger partial charge in [0.25, 0.3) is 0 Å². The van der Waals surface area contributed by atoms with Crippen LogP contribution < -0.4 is 14.8 Å². The molecule has 0 radical (unpaired) electrons. The van der Waals surface area contributed by atoms with E-state index in [4.69, 9.17) is 9.47 Å². The molecule has 1 fully saturated rings. The van der Waals surface area contributed by atoms with Gasteiger partial charge in [-0.05, 0) is 18.9 Å². The lowest BCUT2D eigenvalue weighted by Crippen LogP contribution is -2.27. The topological polar surface area (TPSA) is 30.5 Å². The molecular formula is C15H21NO2. The van der Waals surface area contributed by atoms with E-state index in [9.17, 15) is 0 Å². The summed E-state index contributed by atoms with van der Waals surface area (Å²) in [5, 5.41) is 3.67. The standard InChI is InChI=1S/C15H21NO2/c1-2-4-8-13(7-3-1)16-10-12-6-5-9-14-15(12)18-11-17-14/h5-6,9,13,16H,1-4,7-8,10-11H2. The summed E-state index contributed by atoms with van der Waals surface area (Å²) < 4.78 is 10.9. The van der Waals surface area contributed by atoms with Gasteiger partial charge in [-0.3, -0.25) is 0 Å². The van der Waals surface area contributed by atoms with E-state index in [0.717, 1.165) is 18.0 Å². The number of hydrogen-bond acceptors (Lipinski definition) is 3. The van der Waals surface area contributed by atoms with Gasteiger partial charge in [0.15, 0.2) is 11.5 Å². The first-order valence-corrected chi connectivity index (χ1v) is 7.04. The zero-order valence-corrected chi connectivity index (χ0v) is 10.8. The van der Waals surface area contributed by atoms with E-state index in [-0.39, 0.29) is 0 Å². The van der Waals surface area contributed by atoms with E-state index in [1.165, 1.54) is 44.1 Å². The quantitative estimate of drug-likeness (QED) is 0.832. The van der Waals surface area contributed by atoms with Crippen molar-refractivity contribution in [2.24, 2.45) is 0 Å². The van der Waals surface area contributed by atoms with Crippen molar-refractivity contribution in [2.75, 3.05) is 6.79 Å². The van der Waals surface area contributed by atoms with E-state index in [0.29, 0.717) is 12.8 Å². The number of benzene rings is 1. The fraction of sp³-hybridized carbons (Fsp3) is 0.600. The van der Waals surface area contributed by atoms with Crippen molar-refractivity contribution in [1.82, 2.24) is 5.32 Å². The highest BCUT2D eigenvalue weighted by Crippen LogP contribution is 2.35. The molecule has 0 saturated heterocycles. The number of ether oxygens (including phenoxy) is 2. The molecule has 0 bridgehead atoms. The molecule has 3 heteroatoms. The third kappa shape index (κ3) is 2.61. The minimum atomic E-state index is 0.357. The van der Waals surface area contributed by atoms with Crippen molar-refractivity contribution < 1.29 is 9.47 Å². The van der Waals surface area contributed by atoms with E-state index in [1.807, 2.05) is 12.1 Å². The number of hydrogen-bond donors (Lipinski definition) is 1. The Morgan fingerprint density at radius 2 is 1.89 bits per heavy atom. The average Bonchev–Trinajstić information content (AvgIpc) is 2.73. The maximum atomic E-state index is 5.53. The lowest BCUT2D eigenvalue weighted by Gasteiger charge is -2.16. The summed E-state index contributed by atoms with van der Waals surface area (Å²) in [7, 11) is 0. The van der Waals surface area contributed by atoms with Crippen molar-refractivity contribution in [1.29, 1.82) is 0 Å². The highest BCUT2D eigenvalue weighted by Gasteiger charge is 2.18. The summed E-state index contributed by atoms with van der Waals surface area (Å²) in [6, 6.07) is 6.80. The predicted molar refractivity (Wildman–Crippen MR) is 70.9 cm³/mol. The first-order chi connectivity index (χ1) is 8.93. The molecule has 1 aromatic carbocycles. The van der Waals surface area contributed by atoms with Crippen LogP contribution in [0.15, 0.2) is 18.2 Å².